The first-order valence-electron chi connectivity index (χ1n) is 9.80. The van der Waals surface area contributed by atoms with E-state index < -0.39 is 0 Å². The van der Waals surface area contributed by atoms with Gasteiger partial charge in [-0.3, -0.25) is 9.69 Å². The summed E-state index contributed by atoms with van der Waals surface area (Å²) in [6, 6.07) is 15.0. The molecule has 0 aliphatic carbocycles. The Bertz CT molecular complexity index is 1110. The molecular weight excluding hydrogens is 382 g/mol. The largest absolute Gasteiger partial charge is 0.497 e. The molecule has 0 N–H and O–H groups in total. The lowest BCUT2D eigenvalue weighted by atomic mass is 9.99. The minimum atomic E-state index is -0.125. The molecule has 2 aromatic carbocycles. The molecule has 0 saturated heterocycles. The highest BCUT2D eigenvalue weighted by Gasteiger charge is 2.20. The number of benzene rings is 2. The summed E-state index contributed by atoms with van der Waals surface area (Å²) in [5.41, 5.74) is 3.94. The van der Waals surface area contributed by atoms with Crippen molar-refractivity contribution in [2.75, 3.05) is 27.9 Å². The zero-order chi connectivity index (χ0) is 21.1. The van der Waals surface area contributed by atoms with E-state index in [1.165, 1.54) is 15.8 Å². The Morgan fingerprint density at radius 2 is 1.70 bits per heavy atom. The van der Waals surface area contributed by atoms with Crippen molar-refractivity contribution in [1.29, 1.82) is 0 Å². The van der Waals surface area contributed by atoms with Crippen LogP contribution in [0.4, 0.5) is 0 Å². The molecular formula is C23H25N3O4. The second-order valence-corrected chi connectivity index (χ2v) is 7.21. The third-order valence-electron chi connectivity index (χ3n) is 5.36. The van der Waals surface area contributed by atoms with E-state index in [9.17, 15) is 4.79 Å². The van der Waals surface area contributed by atoms with Crippen molar-refractivity contribution < 1.29 is 14.2 Å². The molecule has 156 valence electrons. The third-order valence-corrected chi connectivity index (χ3v) is 5.36. The molecule has 0 spiro atoms. The number of hydrogen-bond acceptors (Lipinski definition) is 6. The summed E-state index contributed by atoms with van der Waals surface area (Å²) in [6.07, 6.45) is 0.875. The van der Waals surface area contributed by atoms with Gasteiger partial charge in [0.05, 0.1) is 33.7 Å². The lowest BCUT2D eigenvalue weighted by Crippen LogP contribution is -2.37. The predicted octanol–water partition coefficient (Wildman–Crippen LogP) is 2.95. The van der Waals surface area contributed by atoms with Gasteiger partial charge in [0.15, 0.2) is 11.5 Å². The molecule has 4 rings (SSSR count). The fourth-order valence-electron chi connectivity index (χ4n) is 3.74. The van der Waals surface area contributed by atoms with E-state index >= 15 is 0 Å². The van der Waals surface area contributed by atoms with Crippen LogP contribution in [0, 0.1) is 0 Å². The van der Waals surface area contributed by atoms with Gasteiger partial charge in [0.25, 0.3) is 5.56 Å². The van der Waals surface area contributed by atoms with Crippen molar-refractivity contribution in [2.45, 2.75) is 19.6 Å². The quantitative estimate of drug-likeness (QED) is 0.626. The number of nitrogens with zero attached hydrogens (tertiary/aromatic N) is 3. The van der Waals surface area contributed by atoms with Crippen molar-refractivity contribution in [3.63, 3.8) is 0 Å². The van der Waals surface area contributed by atoms with Crippen LogP contribution in [0.25, 0.3) is 11.3 Å². The molecule has 7 nitrogen and oxygen atoms in total. The highest BCUT2D eigenvalue weighted by molar-refractivity contribution is 5.60. The van der Waals surface area contributed by atoms with E-state index in [-0.39, 0.29) is 5.56 Å². The fourth-order valence-corrected chi connectivity index (χ4v) is 3.74. The Hall–Kier alpha value is -3.32. The highest BCUT2D eigenvalue weighted by atomic mass is 16.5. The lowest BCUT2D eigenvalue weighted by molar-refractivity contribution is 0.185. The van der Waals surface area contributed by atoms with Crippen LogP contribution >= 0.6 is 0 Å². The van der Waals surface area contributed by atoms with Crippen LogP contribution in [-0.4, -0.2) is 42.6 Å². The molecule has 0 amide bonds. The molecule has 1 aliphatic heterocycles. The summed E-state index contributed by atoms with van der Waals surface area (Å²) in [4.78, 5) is 14.6. The van der Waals surface area contributed by atoms with Gasteiger partial charge in [0, 0.05) is 24.7 Å². The van der Waals surface area contributed by atoms with E-state index in [1.807, 2.05) is 36.4 Å². The van der Waals surface area contributed by atoms with Gasteiger partial charge in [0.2, 0.25) is 0 Å². The lowest BCUT2D eigenvalue weighted by Gasteiger charge is -2.29. The Morgan fingerprint density at radius 1 is 0.933 bits per heavy atom. The maximum atomic E-state index is 12.4. The number of aromatic nitrogens is 2. The van der Waals surface area contributed by atoms with Gasteiger partial charge in [0.1, 0.15) is 5.75 Å². The Kier molecular flexibility index (Phi) is 5.72. The summed E-state index contributed by atoms with van der Waals surface area (Å²) in [7, 11) is 4.91. The topological polar surface area (TPSA) is 65.8 Å². The zero-order valence-electron chi connectivity index (χ0n) is 17.4. The van der Waals surface area contributed by atoms with E-state index in [1.54, 1.807) is 33.5 Å². The summed E-state index contributed by atoms with van der Waals surface area (Å²) in [5, 5.41) is 4.59. The molecule has 7 heteroatoms. The molecule has 30 heavy (non-hydrogen) atoms. The first-order chi connectivity index (χ1) is 14.6. The van der Waals surface area contributed by atoms with Gasteiger partial charge >= 0.3 is 0 Å². The van der Waals surface area contributed by atoms with Crippen LogP contribution in [0.1, 0.15) is 11.1 Å². The third kappa shape index (κ3) is 4.02. The number of ether oxygens (including phenoxy) is 3. The smallest absolute Gasteiger partial charge is 0.268 e. The Labute approximate surface area is 175 Å². The van der Waals surface area contributed by atoms with Crippen LogP contribution in [0.15, 0.2) is 53.3 Å². The first-order valence-corrected chi connectivity index (χ1v) is 9.80. The normalized spacial score (nSPS) is 13.6. The molecule has 0 radical (unpaired) electrons. The van der Waals surface area contributed by atoms with Crippen LogP contribution < -0.4 is 19.8 Å². The Balaban J connectivity index is 1.57. The minimum absolute atomic E-state index is 0.125. The van der Waals surface area contributed by atoms with Gasteiger partial charge in [-0.15, -0.1) is 0 Å². The summed E-state index contributed by atoms with van der Waals surface area (Å²) >= 11 is 0. The zero-order valence-corrected chi connectivity index (χ0v) is 17.4. The molecule has 1 aliphatic rings. The van der Waals surface area contributed by atoms with Crippen LogP contribution in [0.2, 0.25) is 0 Å². The maximum absolute atomic E-state index is 12.4. The molecule has 0 unspecified atom stereocenters. The second-order valence-electron chi connectivity index (χ2n) is 7.21. The molecule has 3 aromatic rings. The number of methoxy groups -OCH3 is 3. The first kappa shape index (κ1) is 20.0. The Morgan fingerprint density at radius 3 is 2.43 bits per heavy atom. The SMILES string of the molecule is COc1cccc(-c2ccc(=O)n(CN3CCc4cc(OC)c(OC)cc4C3)n2)c1. The molecule has 0 atom stereocenters. The van der Waals surface area contributed by atoms with Crippen molar-refractivity contribution >= 4 is 0 Å². The summed E-state index contributed by atoms with van der Waals surface area (Å²) < 4.78 is 17.7. The number of fused-ring (bicyclic) bond motifs is 1. The fraction of sp³-hybridized carbons (Fsp3) is 0.304. The second kappa shape index (κ2) is 8.59. The average molecular weight is 407 g/mol. The summed E-state index contributed by atoms with van der Waals surface area (Å²) in [6.45, 7) is 1.97. The van der Waals surface area contributed by atoms with Crippen molar-refractivity contribution in [3.05, 3.63) is 70.0 Å². The van der Waals surface area contributed by atoms with E-state index in [0.29, 0.717) is 19.0 Å². The molecule has 0 saturated carbocycles. The van der Waals surface area contributed by atoms with Gasteiger partial charge in [-0.2, -0.15) is 5.10 Å². The average Bonchev–Trinajstić information content (AvgIpc) is 2.79. The number of rotatable bonds is 6. The van der Waals surface area contributed by atoms with Gasteiger partial charge in [-0.25, -0.2) is 4.68 Å². The molecule has 0 fully saturated rings. The molecule has 1 aromatic heterocycles. The van der Waals surface area contributed by atoms with E-state index in [0.717, 1.165) is 35.7 Å². The van der Waals surface area contributed by atoms with Crippen molar-refractivity contribution in [2.24, 2.45) is 0 Å². The van der Waals surface area contributed by atoms with Crippen LogP contribution in [0.3, 0.4) is 0 Å². The standard InChI is InChI=1S/C23H25N3O4/c1-28-19-6-4-5-17(11-19)20-7-8-23(27)26(24-20)15-25-10-9-16-12-21(29-2)22(30-3)13-18(16)14-25/h4-8,11-13H,9-10,14-15H2,1-3H3. The monoisotopic (exact) mass is 407 g/mol. The van der Waals surface area contributed by atoms with Gasteiger partial charge < -0.3 is 14.2 Å². The summed E-state index contributed by atoms with van der Waals surface area (Å²) in [5.74, 6) is 2.21. The van der Waals surface area contributed by atoms with Gasteiger partial charge in [-0.1, -0.05) is 12.1 Å². The molecule has 0 bridgehead atoms. The van der Waals surface area contributed by atoms with E-state index in [2.05, 4.69) is 10.00 Å². The van der Waals surface area contributed by atoms with Crippen molar-refractivity contribution in [1.82, 2.24) is 14.7 Å². The predicted molar refractivity (Wildman–Crippen MR) is 114 cm³/mol. The maximum Gasteiger partial charge on any atom is 0.268 e. The number of hydrogen-bond donors (Lipinski definition) is 0. The molecule has 2 heterocycles. The van der Waals surface area contributed by atoms with E-state index in [4.69, 9.17) is 14.2 Å². The minimum Gasteiger partial charge on any atom is -0.497 e. The van der Waals surface area contributed by atoms with Crippen LogP contribution in [-0.2, 0) is 19.6 Å². The van der Waals surface area contributed by atoms with Crippen molar-refractivity contribution in [3.8, 4) is 28.5 Å². The van der Waals surface area contributed by atoms with Crippen LogP contribution in [0.5, 0.6) is 17.2 Å². The highest BCUT2D eigenvalue weighted by Crippen LogP contribution is 2.33. The van der Waals surface area contributed by atoms with Gasteiger partial charge in [-0.05, 0) is 47.9 Å².